The van der Waals surface area contributed by atoms with Gasteiger partial charge in [-0.2, -0.15) is 0 Å². The van der Waals surface area contributed by atoms with Crippen molar-refractivity contribution >= 4 is 29.3 Å². The van der Waals surface area contributed by atoms with Crippen LogP contribution in [0.1, 0.15) is 15.9 Å². The second-order valence-electron chi connectivity index (χ2n) is 6.34. The van der Waals surface area contributed by atoms with Crippen molar-refractivity contribution in [1.82, 2.24) is 0 Å². The van der Waals surface area contributed by atoms with Crippen LogP contribution in [-0.4, -0.2) is 18.6 Å². The van der Waals surface area contributed by atoms with E-state index < -0.39 is 0 Å². The number of anilines is 2. The second-order valence-corrected chi connectivity index (χ2v) is 6.34. The Bertz CT molecular complexity index is 1080. The zero-order valence-corrected chi connectivity index (χ0v) is 15.4. The van der Waals surface area contributed by atoms with Gasteiger partial charge in [-0.3, -0.25) is 4.79 Å². The molecule has 0 spiro atoms. The third-order valence-corrected chi connectivity index (χ3v) is 4.26. The molecule has 0 saturated heterocycles. The predicted octanol–water partition coefficient (Wildman–Crippen LogP) is 4.96. The highest BCUT2D eigenvalue weighted by atomic mass is 16.7. The summed E-state index contributed by atoms with van der Waals surface area (Å²) in [5.74, 6) is 1.19. The Kier molecular flexibility index (Phi) is 5.25. The largest absolute Gasteiger partial charge is 0.454 e. The molecule has 0 saturated carbocycles. The number of rotatable bonds is 5. The fourth-order valence-electron chi connectivity index (χ4n) is 2.85. The molecule has 0 bridgehead atoms. The first kappa shape index (κ1) is 18.3. The standard InChI is InChI=1S/C23H18N2O4/c26-20(11-9-16-10-12-21-22(13-16)29-15-28-21)17-5-4-8-19(14-17)25-23(27)24-18-6-2-1-3-7-18/h1-14H,15H2,(H2,24,25,27)/b11-9+. The summed E-state index contributed by atoms with van der Waals surface area (Å²) in [7, 11) is 0. The van der Waals surface area contributed by atoms with Crippen LogP contribution in [0.15, 0.2) is 78.9 Å². The Balaban J connectivity index is 1.41. The van der Waals surface area contributed by atoms with Gasteiger partial charge in [-0.1, -0.05) is 42.5 Å². The predicted molar refractivity (Wildman–Crippen MR) is 111 cm³/mol. The maximum absolute atomic E-state index is 12.5. The highest BCUT2D eigenvalue weighted by Gasteiger charge is 2.12. The smallest absolute Gasteiger partial charge is 0.323 e. The van der Waals surface area contributed by atoms with Crippen molar-refractivity contribution in [2.24, 2.45) is 0 Å². The number of allylic oxidation sites excluding steroid dienone is 1. The number of hydrogen-bond acceptors (Lipinski definition) is 4. The molecule has 6 nitrogen and oxygen atoms in total. The van der Waals surface area contributed by atoms with Crippen molar-refractivity contribution in [3.8, 4) is 11.5 Å². The maximum Gasteiger partial charge on any atom is 0.323 e. The Labute approximate surface area is 167 Å². The van der Waals surface area contributed by atoms with Gasteiger partial charge in [0.1, 0.15) is 0 Å². The van der Waals surface area contributed by atoms with Crippen LogP contribution >= 0.6 is 0 Å². The molecule has 0 radical (unpaired) electrons. The van der Waals surface area contributed by atoms with E-state index in [2.05, 4.69) is 10.6 Å². The Morgan fingerprint density at radius 2 is 1.55 bits per heavy atom. The molecule has 0 atom stereocenters. The molecular formula is C23H18N2O4. The summed E-state index contributed by atoms with van der Waals surface area (Å²) in [4.78, 5) is 24.6. The first-order valence-electron chi connectivity index (χ1n) is 9.02. The molecule has 6 heteroatoms. The number of ketones is 1. The minimum atomic E-state index is -0.378. The topological polar surface area (TPSA) is 76.7 Å². The quantitative estimate of drug-likeness (QED) is 0.480. The van der Waals surface area contributed by atoms with Crippen molar-refractivity contribution in [2.75, 3.05) is 17.4 Å². The van der Waals surface area contributed by atoms with E-state index in [-0.39, 0.29) is 18.6 Å². The lowest BCUT2D eigenvalue weighted by Gasteiger charge is -2.08. The summed E-state index contributed by atoms with van der Waals surface area (Å²) in [5.41, 5.74) is 2.52. The molecule has 1 aliphatic heterocycles. The number of ether oxygens (including phenoxy) is 2. The van der Waals surface area contributed by atoms with E-state index in [0.29, 0.717) is 28.4 Å². The Morgan fingerprint density at radius 1 is 0.793 bits per heavy atom. The highest BCUT2D eigenvalue weighted by molar-refractivity contribution is 6.08. The number of carbonyl (C=O) groups excluding carboxylic acids is 2. The fourth-order valence-corrected chi connectivity index (χ4v) is 2.85. The summed E-state index contributed by atoms with van der Waals surface area (Å²) in [5, 5.41) is 5.47. The van der Waals surface area contributed by atoms with E-state index in [4.69, 9.17) is 9.47 Å². The van der Waals surface area contributed by atoms with Gasteiger partial charge in [0.2, 0.25) is 6.79 Å². The molecule has 29 heavy (non-hydrogen) atoms. The van der Waals surface area contributed by atoms with Gasteiger partial charge in [0.15, 0.2) is 17.3 Å². The molecular weight excluding hydrogens is 368 g/mol. The van der Waals surface area contributed by atoms with Gasteiger partial charge in [0, 0.05) is 16.9 Å². The normalized spacial score (nSPS) is 12.0. The van der Waals surface area contributed by atoms with Crippen LogP contribution in [0, 0.1) is 0 Å². The van der Waals surface area contributed by atoms with Gasteiger partial charge in [-0.15, -0.1) is 0 Å². The van der Waals surface area contributed by atoms with E-state index in [1.165, 1.54) is 6.08 Å². The number of nitrogens with one attached hydrogen (secondary N) is 2. The summed E-state index contributed by atoms with van der Waals surface area (Å²) in [6.45, 7) is 0.207. The van der Waals surface area contributed by atoms with E-state index in [9.17, 15) is 9.59 Å². The fraction of sp³-hybridized carbons (Fsp3) is 0.0435. The Hall–Kier alpha value is -4.06. The first-order chi connectivity index (χ1) is 14.2. The van der Waals surface area contributed by atoms with E-state index in [1.54, 1.807) is 42.5 Å². The average Bonchev–Trinajstić information content (AvgIpc) is 3.21. The molecule has 0 aromatic heterocycles. The van der Waals surface area contributed by atoms with Gasteiger partial charge in [-0.05, 0) is 48.0 Å². The molecule has 1 aliphatic rings. The Morgan fingerprint density at radius 3 is 2.41 bits per heavy atom. The van der Waals surface area contributed by atoms with Crippen LogP contribution < -0.4 is 20.1 Å². The highest BCUT2D eigenvalue weighted by Crippen LogP contribution is 2.32. The van der Waals surface area contributed by atoms with Gasteiger partial charge >= 0.3 is 6.03 Å². The van der Waals surface area contributed by atoms with Crippen LogP contribution in [0.3, 0.4) is 0 Å². The van der Waals surface area contributed by atoms with Crippen molar-refractivity contribution in [1.29, 1.82) is 0 Å². The summed E-state index contributed by atoms with van der Waals surface area (Å²) in [6, 6.07) is 21.0. The summed E-state index contributed by atoms with van der Waals surface area (Å²) >= 11 is 0. The summed E-state index contributed by atoms with van der Waals surface area (Å²) < 4.78 is 10.6. The molecule has 1 heterocycles. The lowest BCUT2D eigenvalue weighted by Crippen LogP contribution is -2.19. The average molecular weight is 386 g/mol. The molecule has 0 unspecified atom stereocenters. The SMILES string of the molecule is O=C(Nc1ccccc1)Nc1cccc(C(=O)/C=C/c2ccc3c(c2)OCO3)c1. The number of benzene rings is 3. The number of para-hydroxylation sites is 1. The lowest BCUT2D eigenvalue weighted by molar-refractivity contribution is 0.104. The molecule has 0 fully saturated rings. The van der Waals surface area contributed by atoms with Gasteiger partial charge in [0.05, 0.1) is 0 Å². The van der Waals surface area contributed by atoms with Crippen molar-refractivity contribution < 1.29 is 19.1 Å². The number of fused-ring (bicyclic) bond motifs is 1. The number of carbonyl (C=O) groups is 2. The van der Waals surface area contributed by atoms with Crippen LogP contribution in [0.5, 0.6) is 11.5 Å². The number of hydrogen-bond donors (Lipinski definition) is 2. The van der Waals surface area contributed by atoms with Gasteiger partial charge in [0.25, 0.3) is 0 Å². The molecule has 2 amide bonds. The number of urea groups is 1. The monoisotopic (exact) mass is 386 g/mol. The zero-order valence-electron chi connectivity index (χ0n) is 15.4. The van der Waals surface area contributed by atoms with E-state index in [1.807, 2.05) is 36.4 Å². The van der Waals surface area contributed by atoms with Gasteiger partial charge in [-0.25, -0.2) is 4.79 Å². The van der Waals surface area contributed by atoms with E-state index in [0.717, 1.165) is 5.56 Å². The molecule has 3 aromatic carbocycles. The molecule has 144 valence electrons. The second kappa shape index (κ2) is 8.31. The van der Waals surface area contributed by atoms with Crippen molar-refractivity contribution in [3.05, 3.63) is 90.0 Å². The maximum atomic E-state index is 12.5. The summed E-state index contributed by atoms with van der Waals surface area (Å²) in [6.07, 6.45) is 3.20. The van der Waals surface area contributed by atoms with Gasteiger partial charge < -0.3 is 20.1 Å². The van der Waals surface area contributed by atoms with Crippen molar-refractivity contribution in [2.45, 2.75) is 0 Å². The lowest BCUT2D eigenvalue weighted by atomic mass is 10.1. The third kappa shape index (κ3) is 4.62. The minimum absolute atomic E-state index is 0.171. The molecule has 2 N–H and O–H groups in total. The van der Waals surface area contributed by atoms with Crippen LogP contribution in [0.25, 0.3) is 6.08 Å². The number of amides is 2. The third-order valence-electron chi connectivity index (χ3n) is 4.26. The molecule has 3 aromatic rings. The van der Waals surface area contributed by atoms with Crippen LogP contribution in [0.4, 0.5) is 16.2 Å². The molecule has 0 aliphatic carbocycles. The van der Waals surface area contributed by atoms with Crippen LogP contribution in [0.2, 0.25) is 0 Å². The minimum Gasteiger partial charge on any atom is -0.454 e. The van der Waals surface area contributed by atoms with Crippen LogP contribution in [-0.2, 0) is 0 Å². The first-order valence-corrected chi connectivity index (χ1v) is 9.02. The molecule has 4 rings (SSSR count). The van der Waals surface area contributed by atoms with E-state index >= 15 is 0 Å². The van der Waals surface area contributed by atoms with Crippen molar-refractivity contribution in [3.63, 3.8) is 0 Å². The zero-order chi connectivity index (χ0) is 20.1.